The Balaban J connectivity index is 1.44. The fourth-order valence-electron chi connectivity index (χ4n) is 3.93. The maximum Gasteiger partial charge on any atom is 0.242 e. The average Bonchev–Trinajstić information content (AvgIpc) is 3.15. The van der Waals surface area contributed by atoms with Crippen LogP contribution >= 0.6 is 23.4 Å². The quantitative estimate of drug-likeness (QED) is 0.732. The number of halogens is 1. The Morgan fingerprint density at radius 2 is 1.62 bits per heavy atom. The first-order valence-electron chi connectivity index (χ1n) is 9.79. The van der Waals surface area contributed by atoms with Crippen LogP contribution in [0.5, 0.6) is 0 Å². The van der Waals surface area contributed by atoms with Crippen molar-refractivity contribution in [3.63, 3.8) is 0 Å². The Hall–Kier alpha value is -2.02. The van der Waals surface area contributed by atoms with Crippen molar-refractivity contribution in [1.82, 2.24) is 14.7 Å². The van der Waals surface area contributed by atoms with E-state index in [1.54, 1.807) is 16.7 Å². The van der Waals surface area contributed by atoms with Crippen LogP contribution in [0.4, 0.5) is 0 Å². The molecule has 7 heteroatoms. The van der Waals surface area contributed by atoms with Gasteiger partial charge in [0.2, 0.25) is 11.8 Å². The fraction of sp³-hybridized carbons (Fsp3) is 0.364. The Morgan fingerprint density at radius 3 is 2.24 bits per heavy atom. The number of nitrogens with zero attached hydrogens (tertiary/aromatic N) is 3. The van der Waals surface area contributed by atoms with Crippen molar-refractivity contribution < 1.29 is 9.59 Å². The molecule has 2 aliphatic heterocycles. The number of hydrogen-bond acceptors (Lipinski definition) is 4. The molecule has 4 rings (SSSR count). The number of rotatable bonds is 5. The van der Waals surface area contributed by atoms with Gasteiger partial charge in [-0.15, -0.1) is 11.8 Å². The normalized spacial score (nSPS) is 18.9. The third kappa shape index (κ3) is 4.77. The van der Waals surface area contributed by atoms with E-state index >= 15 is 0 Å². The van der Waals surface area contributed by atoms with Crippen LogP contribution < -0.4 is 0 Å². The molecule has 2 aliphatic rings. The molecule has 29 heavy (non-hydrogen) atoms. The molecule has 0 spiro atoms. The Labute approximate surface area is 180 Å². The number of thioether (sulfide) groups is 1. The molecule has 2 fully saturated rings. The van der Waals surface area contributed by atoms with E-state index in [0.29, 0.717) is 24.7 Å². The zero-order chi connectivity index (χ0) is 20.2. The van der Waals surface area contributed by atoms with Gasteiger partial charge in [-0.3, -0.25) is 14.5 Å². The zero-order valence-corrected chi connectivity index (χ0v) is 17.7. The topological polar surface area (TPSA) is 43.9 Å². The van der Waals surface area contributed by atoms with Gasteiger partial charge >= 0.3 is 0 Å². The highest BCUT2D eigenvalue weighted by Gasteiger charge is 2.30. The second kappa shape index (κ2) is 9.20. The lowest BCUT2D eigenvalue weighted by Crippen LogP contribution is -2.52. The summed E-state index contributed by atoms with van der Waals surface area (Å²) in [7, 11) is 0. The lowest BCUT2D eigenvalue weighted by atomic mass is 9.96. The minimum atomic E-state index is 0.0447. The molecule has 1 unspecified atom stereocenters. The standard InChI is InChI=1S/C22H24ClN3O2S/c23-19-8-6-18(7-9-19)22(17-4-2-1-3-5-17)25-12-10-24(11-13-25)20(27)14-26-16-29-15-21(26)28/h1-9,22H,10-16H2. The predicted molar refractivity (Wildman–Crippen MR) is 117 cm³/mol. The van der Waals surface area contributed by atoms with Crippen LogP contribution in [0.2, 0.25) is 5.02 Å². The molecule has 2 aromatic carbocycles. The zero-order valence-electron chi connectivity index (χ0n) is 16.2. The third-order valence-electron chi connectivity index (χ3n) is 5.48. The Bertz CT molecular complexity index is 854. The predicted octanol–water partition coefficient (Wildman–Crippen LogP) is 3.11. The van der Waals surface area contributed by atoms with Gasteiger partial charge in [0.15, 0.2) is 0 Å². The molecule has 0 radical (unpaired) electrons. The number of amides is 2. The molecule has 2 saturated heterocycles. The first-order valence-corrected chi connectivity index (χ1v) is 11.3. The molecule has 0 saturated carbocycles. The molecule has 2 aromatic rings. The number of carbonyl (C=O) groups is 2. The molecule has 0 aromatic heterocycles. The van der Waals surface area contributed by atoms with E-state index in [-0.39, 0.29) is 24.4 Å². The highest BCUT2D eigenvalue weighted by Crippen LogP contribution is 2.30. The van der Waals surface area contributed by atoms with Crippen LogP contribution in [0, 0.1) is 0 Å². The first kappa shape index (κ1) is 20.3. The summed E-state index contributed by atoms with van der Waals surface area (Å²) in [6.07, 6.45) is 0. The molecule has 1 atom stereocenters. The van der Waals surface area contributed by atoms with Gasteiger partial charge < -0.3 is 9.80 Å². The number of benzene rings is 2. The molecular weight excluding hydrogens is 406 g/mol. The van der Waals surface area contributed by atoms with Gasteiger partial charge in [-0.25, -0.2) is 0 Å². The first-order chi connectivity index (χ1) is 14.1. The van der Waals surface area contributed by atoms with Gasteiger partial charge in [0.05, 0.1) is 17.7 Å². The van der Waals surface area contributed by atoms with E-state index in [0.717, 1.165) is 18.1 Å². The van der Waals surface area contributed by atoms with Crippen molar-refractivity contribution in [2.24, 2.45) is 0 Å². The van der Waals surface area contributed by atoms with E-state index in [1.165, 1.54) is 11.1 Å². The molecule has 0 aliphatic carbocycles. The fourth-order valence-corrected chi connectivity index (χ4v) is 4.96. The largest absolute Gasteiger partial charge is 0.339 e. The van der Waals surface area contributed by atoms with E-state index in [1.807, 2.05) is 23.1 Å². The summed E-state index contributed by atoms with van der Waals surface area (Å²) in [5.74, 6) is 1.22. The minimum absolute atomic E-state index is 0.0447. The molecule has 2 heterocycles. The summed E-state index contributed by atoms with van der Waals surface area (Å²) in [6.45, 7) is 3.12. The molecule has 2 amide bonds. The SMILES string of the molecule is O=C(CN1CSCC1=O)N1CCN(C(c2ccccc2)c2ccc(Cl)cc2)CC1. The Kier molecular flexibility index (Phi) is 6.43. The highest BCUT2D eigenvalue weighted by molar-refractivity contribution is 8.00. The van der Waals surface area contributed by atoms with Gasteiger partial charge in [-0.2, -0.15) is 0 Å². The highest BCUT2D eigenvalue weighted by atomic mass is 35.5. The lowest BCUT2D eigenvalue weighted by Gasteiger charge is -2.40. The molecule has 5 nitrogen and oxygen atoms in total. The maximum absolute atomic E-state index is 12.6. The van der Waals surface area contributed by atoms with Gasteiger partial charge in [-0.1, -0.05) is 54.1 Å². The van der Waals surface area contributed by atoms with E-state index < -0.39 is 0 Å². The van der Waals surface area contributed by atoms with E-state index in [4.69, 9.17) is 11.6 Å². The molecule has 0 bridgehead atoms. The second-order valence-electron chi connectivity index (χ2n) is 7.35. The summed E-state index contributed by atoms with van der Waals surface area (Å²) >= 11 is 7.66. The molecule has 152 valence electrons. The number of carbonyl (C=O) groups excluding carboxylic acids is 2. The van der Waals surface area contributed by atoms with Crippen LogP contribution in [-0.4, -0.2) is 70.9 Å². The molecule has 0 N–H and O–H groups in total. The van der Waals surface area contributed by atoms with Gasteiger partial charge in [-0.05, 0) is 23.3 Å². The van der Waals surface area contributed by atoms with Gasteiger partial charge in [0.25, 0.3) is 0 Å². The van der Waals surface area contributed by atoms with E-state index in [2.05, 4.69) is 41.3 Å². The number of piperazine rings is 1. The summed E-state index contributed by atoms with van der Waals surface area (Å²) < 4.78 is 0. The van der Waals surface area contributed by atoms with Gasteiger partial charge in [0, 0.05) is 31.2 Å². The van der Waals surface area contributed by atoms with Crippen LogP contribution in [0.1, 0.15) is 17.2 Å². The summed E-state index contributed by atoms with van der Waals surface area (Å²) in [5.41, 5.74) is 2.43. The smallest absolute Gasteiger partial charge is 0.242 e. The average molecular weight is 430 g/mol. The van der Waals surface area contributed by atoms with Crippen LogP contribution in [0.25, 0.3) is 0 Å². The van der Waals surface area contributed by atoms with Crippen molar-refractivity contribution in [2.45, 2.75) is 6.04 Å². The van der Waals surface area contributed by atoms with Crippen molar-refractivity contribution in [3.8, 4) is 0 Å². The monoisotopic (exact) mass is 429 g/mol. The third-order valence-corrected chi connectivity index (χ3v) is 6.68. The summed E-state index contributed by atoms with van der Waals surface area (Å²) in [6, 6.07) is 18.6. The number of hydrogen-bond donors (Lipinski definition) is 0. The summed E-state index contributed by atoms with van der Waals surface area (Å²) in [5, 5.41) is 0.727. The minimum Gasteiger partial charge on any atom is -0.339 e. The van der Waals surface area contributed by atoms with Crippen molar-refractivity contribution in [2.75, 3.05) is 44.4 Å². The van der Waals surface area contributed by atoms with Crippen LogP contribution in [0.3, 0.4) is 0 Å². The molecular formula is C22H24ClN3O2S. The van der Waals surface area contributed by atoms with E-state index in [9.17, 15) is 9.59 Å². The maximum atomic E-state index is 12.6. The van der Waals surface area contributed by atoms with Gasteiger partial charge in [0.1, 0.15) is 6.54 Å². The summed E-state index contributed by atoms with van der Waals surface area (Å²) in [4.78, 5) is 30.4. The van der Waals surface area contributed by atoms with Crippen molar-refractivity contribution in [3.05, 3.63) is 70.7 Å². The van der Waals surface area contributed by atoms with Crippen molar-refractivity contribution >= 4 is 35.2 Å². The Morgan fingerprint density at radius 1 is 0.966 bits per heavy atom. The van der Waals surface area contributed by atoms with Crippen molar-refractivity contribution in [1.29, 1.82) is 0 Å². The van der Waals surface area contributed by atoms with Crippen LogP contribution in [-0.2, 0) is 9.59 Å². The van der Waals surface area contributed by atoms with Crippen LogP contribution in [0.15, 0.2) is 54.6 Å². The lowest BCUT2D eigenvalue weighted by molar-refractivity contribution is -0.139. The second-order valence-corrected chi connectivity index (χ2v) is 8.74.